The van der Waals surface area contributed by atoms with Gasteiger partial charge in [0, 0.05) is 16.4 Å². The predicted octanol–water partition coefficient (Wildman–Crippen LogP) is 5.68. The van der Waals surface area contributed by atoms with Crippen LogP contribution >= 0.6 is 35.0 Å². The maximum Gasteiger partial charge on any atom is 0.253 e. The van der Waals surface area contributed by atoms with Gasteiger partial charge in [-0.3, -0.25) is 14.2 Å². The van der Waals surface area contributed by atoms with Crippen molar-refractivity contribution in [3.8, 4) is 5.69 Å². The number of hydrogen-bond acceptors (Lipinski definition) is 5. The highest BCUT2D eigenvalue weighted by Gasteiger charge is 2.18. The SMILES string of the molecule is Cc1cccc(-n2c(CNC(=O)c3ccc(Cl)cc3Cl)nnc2SCC(=O)Nc2ccc(F)cc2)c1. The number of thioether (sulfide) groups is 1. The van der Waals surface area contributed by atoms with E-state index in [0.717, 1.165) is 11.3 Å². The zero-order valence-corrected chi connectivity index (χ0v) is 21.3. The molecular weight excluding hydrogens is 524 g/mol. The quantitative estimate of drug-likeness (QED) is 0.279. The molecule has 0 saturated heterocycles. The molecule has 2 amide bonds. The van der Waals surface area contributed by atoms with Crippen LogP contribution < -0.4 is 10.6 Å². The minimum absolute atomic E-state index is 0.0497. The molecule has 0 atom stereocenters. The number of rotatable bonds is 8. The maximum absolute atomic E-state index is 13.1. The van der Waals surface area contributed by atoms with Crippen molar-refractivity contribution in [1.82, 2.24) is 20.1 Å². The van der Waals surface area contributed by atoms with Gasteiger partial charge in [-0.25, -0.2) is 4.39 Å². The molecule has 4 aromatic rings. The van der Waals surface area contributed by atoms with Crippen molar-refractivity contribution < 1.29 is 14.0 Å². The van der Waals surface area contributed by atoms with Crippen LogP contribution in [0.5, 0.6) is 0 Å². The lowest BCUT2D eigenvalue weighted by Gasteiger charge is -2.12. The Hall–Kier alpha value is -3.40. The highest BCUT2D eigenvalue weighted by atomic mass is 35.5. The van der Waals surface area contributed by atoms with Gasteiger partial charge in [0.05, 0.1) is 22.9 Å². The summed E-state index contributed by atoms with van der Waals surface area (Å²) in [7, 11) is 0. The molecule has 0 bridgehead atoms. The number of halogens is 3. The zero-order valence-electron chi connectivity index (χ0n) is 19.0. The van der Waals surface area contributed by atoms with Gasteiger partial charge in [-0.1, -0.05) is 47.1 Å². The van der Waals surface area contributed by atoms with Gasteiger partial charge >= 0.3 is 0 Å². The lowest BCUT2D eigenvalue weighted by atomic mass is 10.2. The van der Waals surface area contributed by atoms with E-state index in [2.05, 4.69) is 20.8 Å². The molecule has 0 aliphatic carbocycles. The van der Waals surface area contributed by atoms with E-state index < -0.39 is 0 Å². The van der Waals surface area contributed by atoms with E-state index in [9.17, 15) is 14.0 Å². The van der Waals surface area contributed by atoms with Crippen LogP contribution in [0.2, 0.25) is 10.0 Å². The average molecular weight is 544 g/mol. The molecule has 0 saturated carbocycles. The van der Waals surface area contributed by atoms with Gasteiger partial charge in [0.15, 0.2) is 11.0 Å². The molecule has 0 aliphatic heterocycles. The fraction of sp³-hybridized carbons (Fsp3) is 0.120. The first-order valence-corrected chi connectivity index (χ1v) is 12.5. The normalized spacial score (nSPS) is 10.8. The number of carbonyl (C=O) groups excluding carboxylic acids is 2. The van der Waals surface area contributed by atoms with Crippen LogP contribution in [-0.4, -0.2) is 32.3 Å². The predicted molar refractivity (Wildman–Crippen MR) is 139 cm³/mol. The van der Waals surface area contributed by atoms with Crippen LogP contribution in [0.1, 0.15) is 21.7 Å². The van der Waals surface area contributed by atoms with Crippen molar-refractivity contribution >= 4 is 52.5 Å². The van der Waals surface area contributed by atoms with Gasteiger partial charge in [-0.15, -0.1) is 10.2 Å². The molecule has 0 fully saturated rings. The van der Waals surface area contributed by atoms with E-state index in [1.807, 2.05) is 31.2 Å². The zero-order chi connectivity index (χ0) is 25.7. The van der Waals surface area contributed by atoms with Gasteiger partial charge in [-0.2, -0.15) is 0 Å². The number of carbonyl (C=O) groups is 2. The molecule has 1 aromatic heterocycles. The number of amides is 2. The largest absolute Gasteiger partial charge is 0.345 e. The van der Waals surface area contributed by atoms with Gasteiger partial charge in [0.25, 0.3) is 5.91 Å². The van der Waals surface area contributed by atoms with Gasteiger partial charge in [0.1, 0.15) is 5.82 Å². The van der Waals surface area contributed by atoms with Crippen molar-refractivity contribution in [2.75, 3.05) is 11.1 Å². The van der Waals surface area contributed by atoms with Crippen molar-refractivity contribution in [2.45, 2.75) is 18.6 Å². The Bertz CT molecular complexity index is 1410. The molecule has 184 valence electrons. The molecule has 11 heteroatoms. The average Bonchev–Trinajstić information content (AvgIpc) is 3.25. The van der Waals surface area contributed by atoms with Crippen molar-refractivity contribution in [3.63, 3.8) is 0 Å². The second kappa shape index (κ2) is 11.6. The number of nitrogens with zero attached hydrogens (tertiary/aromatic N) is 3. The number of anilines is 1. The van der Waals surface area contributed by atoms with Crippen LogP contribution in [0.25, 0.3) is 5.69 Å². The minimum atomic E-state index is -0.386. The van der Waals surface area contributed by atoms with E-state index in [4.69, 9.17) is 23.2 Å². The van der Waals surface area contributed by atoms with E-state index >= 15 is 0 Å². The number of nitrogens with one attached hydrogen (secondary N) is 2. The van der Waals surface area contributed by atoms with Crippen LogP contribution in [-0.2, 0) is 11.3 Å². The topological polar surface area (TPSA) is 88.9 Å². The standard InChI is InChI=1S/C25H20Cl2FN5O2S/c1-15-3-2-4-19(11-15)33-22(13-29-24(35)20-10-5-16(26)12-21(20)27)31-32-25(33)36-14-23(34)30-18-8-6-17(28)7-9-18/h2-12H,13-14H2,1H3,(H,29,35)(H,30,34). The molecule has 0 unspecified atom stereocenters. The monoisotopic (exact) mass is 543 g/mol. The molecule has 2 N–H and O–H groups in total. The van der Waals surface area contributed by atoms with Gasteiger partial charge in [-0.05, 0) is 67.1 Å². The smallest absolute Gasteiger partial charge is 0.253 e. The molecular formula is C25H20Cl2FN5O2S. The Kier molecular flexibility index (Phi) is 8.25. The fourth-order valence-electron chi connectivity index (χ4n) is 3.32. The number of benzene rings is 3. The summed E-state index contributed by atoms with van der Waals surface area (Å²) in [6.45, 7) is 2.03. The first kappa shape index (κ1) is 25.7. The summed E-state index contributed by atoms with van der Waals surface area (Å²) < 4.78 is 14.9. The Morgan fingerprint density at radius 1 is 1.03 bits per heavy atom. The summed E-state index contributed by atoms with van der Waals surface area (Å²) in [5.74, 6) is -0.526. The lowest BCUT2D eigenvalue weighted by Crippen LogP contribution is -2.25. The molecule has 36 heavy (non-hydrogen) atoms. The third-order valence-corrected chi connectivity index (χ3v) is 6.48. The van der Waals surface area contributed by atoms with Crippen LogP contribution in [0.4, 0.5) is 10.1 Å². The highest BCUT2D eigenvalue weighted by molar-refractivity contribution is 7.99. The molecule has 3 aromatic carbocycles. The third-order valence-electron chi connectivity index (χ3n) is 5.00. The first-order chi connectivity index (χ1) is 17.3. The third kappa shape index (κ3) is 6.42. The number of aromatic nitrogens is 3. The van der Waals surface area contributed by atoms with Crippen molar-refractivity contribution in [1.29, 1.82) is 0 Å². The Morgan fingerprint density at radius 2 is 1.81 bits per heavy atom. The summed E-state index contributed by atoms with van der Waals surface area (Å²) in [5.41, 5.74) is 2.59. The Labute approximate surface area is 221 Å². The number of hydrogen-bond donors (Lipinski definition) is 2. The molecule has 1 heterocycles. The fourth-order valence-corrected chi connectivity index (χ4v) is 4.59. The van der Waals surface area contributed by atoms with Crippen LogP contribution in [0, 0.1) is 12.7 Å². The van der Waals surface area contributed by atoms with Crippen LogP contribution in [0.3, 0.4) is 0 Å². The second-order valence-electron chi connectivity index (χ2n) is 7.72. The van der Waals surface area contributed by atoms with E-state index in [-0.39, 0.29) is 40.5 Å². The van der Waals surface area contributed by atoms with Gasteiger partial charge in [0.2, 0.25) is 5.91 Å². The Morgan fingerprint density at radius 3 is 2.53 bits per heavy atom. The second-order valence-corrected chi connectivity index (χ2v) is 9.51. The van der Waals surface area contributed by atoms with E-state index in [1.165, 1.54) is 42.1 Å². The summed E-state index contributed by atoms with van der Waals surface area (Å²) in [4.78, 5) is 25.1. The first-order valence-electron chi connectivity index (χ1n) is 10.7. The molecule has 0 aliphatic rings. The summed E-state index contributed by atoms with van der Waals surface area (Å²) >= 11 is 13.3. The Balaban J connectivity index is 1.51. The lowest BCUT2D eigenvalue weighted by molar-refractivity contribution is -0.113. The van der Waals surface area contributed by atoms with E-state index in [1.54, 1.807) is 16.7 Å². The molecule has 7 nitrogen and oxygen atoms in total. The highest BCUT2D eigenvalue weighted by Crippen LogP contribution is 2.24. The minimum Gasteiger partial charge on any atom is -0.345 e. The summed E-state index contributed by atoms with van der Waals surface area (Å²) in [5, 5.41) is 15.2. The molecule has 4 rings (SSSR count). The van der Waals surface area contributed by atoms with Crippen molar-refractivity contribution in [2.24, 2.45) is 0 Å². The van der Waals surface area contributed by atoms with E-state index in [0.29, 0.717) is 21.7 Å². The van der Waals surface area contributed by atoms with Gasteiger partial charge < -0.3 is 10.6 Å². The molecule has 0 spiro atoms. The molecule has 0 radical (unpaired) electrons. The number of aryl methyl sites for hydroxylation is 1. The summed E-state index contributed by atoms with van der Waals surface area (Å²) in [6, 6.07) is 17.9. The van der Waals surface area contributed by atoms with Crippen molar-refractivity contribution in [3.05, 3.63) is 99.5 Å². The van der Waals surface area contributed by atoms with Crippen LogP contribution in [0.15, 0.2) is 71.9 Å². The summed E-state index contributed by atoms with van der Waals surface area (Å²) in [6.07, 6.45) is 0. The maximum atomic E-state index is 13.1.